The zero-order valence-corrected chi connectivity index (χ0v) is 19.5. The van der Waals surface area contributed by atoms with Gasteiger partial charge < -0.3 is 15.5 Å². The van der Waals surface area contributed by atoms with Crippen molar-refractivity contribution in [2.75, 3.05) is 30.8 Å². The van der Waals surface area contributed by atoms with E-state index in [-0.39, 0.29) is 11.3 Å². The molecule has 0 saturated carbocycles. The zero-order chi connectivity index (χ0) is 23.0. The van der Waals surface area contributed by atoms with E-state index < -0.39 is 0 Å². The molecule has 1 aliphatic heterocycles. The maximum Gasteiger partial charge on any atom is 0.259 e. The first-order valence-electron chi connectivity index (χ1n) is 11.7. The molecule has 6 nitrogen and oxygen atoms in total. The van der Waals surface area contributed by atoms with Crippen molar-refractivity contribution in [3.8, 4) is 0 Å². The number of hydrogen-bond donors (Lipinski definition) is 2. The Bertz CT molecular complexity index is 1160. The number of benzene rings is 1. The van der Waals surface area contributed by atoms with Gasteiger partial charge in [-0.15, -0.1) is 0 Å². The van der Waals surface area contributed by atoms with Crippen molar-refractivity contribution >= 4 is 17.4 Å². The number of fused-ring (bicyclic) bond motifs is 3. The van der Waals surface area contributed by atoms with Crippen LogP contribution in [0, 0.1) is 5.92 Å². The van der Waals surface area contributed by atoms with Crippen molar-refractivity contribution in [3.05, 3.63) is 83.3 Å². The Morgan fingerprint density at radius 3 is 2.79 bits per heavy atom. The van der Waals surface area contributed by atoms with Crippen molar-refractivity contribution in [2.45, 2.75) is 38.1 Å². The molecule has 1 aromatic carbocycles. The number of hydrogen-bond acceptors (Lipinski definition) is 5. The van der Waals surface area contributed by atoms with Gasteiger partial charge in [-0.2, -0.15) is 0 Å². The van der Waals surface area contributed by atoms with E-state index in [1.165, 1.54) is 17.5 Å². The van der Waals surface area contributed by atoms with Gasteiger partial charge in [0.15, 0.2) is 0 Å². The van der Waals surface area contributed by atoms with E-state index in [2.05, 4.69) is 58.5 Å². The van der Waals surface area contributed by atoms with E-state index >= 15 is 0 Å². The van der Waals surface area contributed by atoms with Gasteiger partial charge in [0.1, 0.15) is 5.82 Å². The molecule has 1 saturated heterocycles. The Hall–Kier alpha value is -3.25. The molecule has 1 amide bonds. The summed E-state index contributed by atoms with van der Waals surface area (Å²) < 4.78 is 0. The van der Waals surface area contributed by atoms with Gasteiger partial charge in [0.05, 0.1) is 5.56 Å². The van der Waals surface area contributed by atoms with Crippen LogP contribution < -0.4 is 10.6 Å². The average Bonchev–Trinajstić information content (AvgIpc) is 3.04. The van der Waals surface area contributed by atoms with Crippen LogP contribution in [0.4, 0.5) is 11.5 Å². The highest BCUT2D eigenvalue weighted by Gasteiger charge is 2.47. The quantitative estimate of drug-likeness (QED) is 0.602. The monoisotopic (exact) mass is 441 g/mol. The summed E-state index contributed by atoms with van der Waals surface area (Å²) in [6, 6.07) is 13.9. The normalized spacial score (nSPS) is 21.2. The number of pyridine rings is 2. The molecule has 2 atom stereocenters. The number of carbonyl (C=O) groups is 1. The Morgan fingerprint density at radius 1 is 1.15 bits per heavy atom. The molecule has 3 heterocycles. The van der Waals surface area contributed by atoms with Crippen molar-refractivity contribution in [1.82, 2.24) is 14.9 Å². The molecule has 33 heavy (non-hydrogen) atoms. The minimum Gasteiger partial charge on any atom is -0.365 e. The van der Waals surface area contributed by atoms with Crippen molar-refractivity contribution in [3.63, 3.8) is 0 Å². The molecule has 0 bridgehead atoms. The fourth-order valence-electron chi connectivity index (χ4n) is 5.64. The van der Waals surface area contributed by atoms with Crippen LogP contribution in [-0.2, 0) is 12.0 Å². The molecule has 1 aliphatic carbocycles. The van der Waals surface area contributed by atoms with E-state index in [1.54, 1.807) is 30.7 Å². The first-order valence-corrected chi connectivity index (χ1v) is 11.7. The average molecular weight is 442 g/mol. The van der Waals surface area contributed by atoms with E-state index in [1.807, 2.05) is 18.2 Å². The third-order valence-corrected chi connectivity index (χ3v) is 7.41. The van der Waals surface area contributed by atoms with Gasteiger partial charge in [-0.05, 0) is 84.4 Å². The fraction of sp³-hybridized carbons (Fsp3) is 0.370. The number of amides is 1. The molecular formula is C27H31N5O. The Labute approximate surface area is 195 Å². The highest BCUT2D eigenvalue weighted by atomic mass is 16.1. The van der Waals surface area contributed by atoms with Crippen molar-refractivity contribution < 1.29 is 4.79 Å². The summed E-state index contributed by atoms with van der Waals surface area (Å²) in [5.74, 6) is 1.58. The molecule has 2 unspecified atom stereocenters. The van der Waals surface area contributed by atoms with Crippen LogP contribution in [0.5, 0.6) is 0 Å². The summed E-state index contributed by atoms with van der Waals surface area (Å²) in [5, 5.41) is 6.40. The molecular weight excluding hydrogens is 410 g/mol. The number of nitrogens with one attached hydrogen (secondary N) is 2. The molecule has 5 rings (SSSR count). The lowest BCUT2D eigenvalue weighted by molar-refractivity contribution is 0.102. The Kier molecular flexibility index (Phi) is 5.62. The van der Waals surface area contributed by atoms with E-state index in [4.69, 9.17) is 0 Å². The topological polar surface area (TPSA) is 70.2 Å². The third kappa shape index (κ3) is 4.11. The third-order valence-electron chi connectivity index (χ3n) is 7.41. The summed E-state index contributed by atoms with van der Waals surface area (Å²) in [4.78, 5) is 24.1. The Morgan fingerprint density at radius 2 is 1.97 bits per heavy atom. The number of rotatable bonds is 5. The summed E-state index contributed by atoms with van der Waals surface area (Å²) in [6.07, 6.45) is 6.43. The van der Waals surface area contributed by atoms with Crippen LogP contribution in [0.3, 0.4) is 0 Å². The summed E-state index contributed by atoms with van der Waals surface area (Å²) in [5.41, 5.74) is 5.42. The van der Waals surface area contributed by atoms with E-state index in [0.29, 0.717) is 29.8 Å². The van der Waals surface area contributed by atoms with Crippen LogP contribution in [0.1, 0.15) is 53.2 Å². The van der Waals surface area contributed by atoms with Crippen molar-refractivity contribution in [2.24, 2.45) is 5.92 Å². The molecule has 0 radical (unpaired) electrons. The lowest BCUT2D eigenvalue weighted by Crippen LogP contribution is -2.39. The highest BCUT2D eigenvalue weighted by Crippen LogP contribution is 2.54. The van der Waals surface area contributed by atoms with Gasteiger partial charge >= 0.3 is 0 Å². The largest absolute Gasteiger partial charge is 0.365 e. The number of piperidine rings is 1. The maximum atomic E-state index is 13.2. The fourth-order valence-corrected chi connectivity index (χ4v) is 5.64. The minimum atomic E-state index is -0.158. The second-order valence-electron chi connectivity index (χ2n) is 9.85. The molecule has 0 spiro atoms. The summed E-state index contributed by atoms with van der Waals surface area (Å²) >= 11 is 0. The van der Waals surface area contributed by atoms with Crippen LogP contribution in [-0.4, -0.2) is 40.9 Å². The molecule has 1 fully saturated rings. The highest BCUT2D eigenvalue weighted by molar-refractivity contribution is 6.07. The number of anilines is 2. The SMILES string of the molecule is CN1CCC2C(C1)c1cc(NC(=O)c3cccnc3NCc3ccncc3)ccc1C2(C)C. The van der Waals surface area contributed by atoms with Crippen LogP contribution in [0.25, 0.3) is 0 Å². The zero-order valence-electron chi connectivity index (χ0n) is 19.5. The lowest BCUT2D eigenvalue weighted by Gasteiger charge is -2.38. The van der Waals surface area contributed by atoms with Crippen LogP contribution in [0.2, 0.25) is 0 Å². The molecule has 2 aliphatic rings. The van der Waals surface area contributed by atoms with Gasteiger partial charge in [-0.1, -0.05) is 19.9 Å². The number of aromatic nitrogens is 2. The summed E-state index contributed by atoms with van der Waals surface area (Å²) in [6.45, 7) is 7.54. The first kappa shape index (κ1) is 21.6. The predicted octanol–water partition coefficient (Wildman–Crippen LogP) is 4.67. The van der Waals surface area contributed by atoms with E-state index in [9.17, 15) is 4.79 Å². The molecule has 2 aromatic heterocycles. The van der Waals surface area contributed by atoms with Crippen LogP contribution >= 0.6 is 0 Å². The van der Waals surface area contributed by atoms with Gasteiger partial charge in [-0.3, -0.25) is 9.78 Å². The molecule has 6 heteroatoms. The molecule has 2 N–H and O–H groups in total. The van der Waals surface area contributed by atoms with Gasteiger partial charge in [0.2, 0.25) is 0 Å². The number of nitrogens with zero attached hydrogens (tertiary/aromatic N) is 3. The smallest absolute Gasteiger partial charge is 0.259 e. The number of carbonyl (C=O) groups excluding carboxylic acids is 1. The second-order valence-corrected chi connectivity index (χ2v) is 9.85. The van der Waals surface area contributed by atoms with Gasteiger partial charge in [0.25, 0.3) is 5.91 Å². The minimum absolute atomic E-state index is 0.158. The first-order chi connectivity index (χ1) is 15.9. The van der Waals surface area contributed by atoms with Gasteiger partial charge in [-0.25, -0.2) is 4.98 Å². The predicted molar refractivity (Wildman–Crippen MR) is 132 cm³/mol. The van der Waals surface area contributed by atoms with Gasteiger partial charge in [0, 0.05) is 43.3 Å². The lowest BCUT2D eigenvalue weighted by atomic mass is 9.73. The number of likely N-dealkylation sites (tertiary alicyclic amines) is 1. The second kappa shape index (κ2) is 8.60. The van der Waals surface area contributed by atoms with Crippen LogP contribution in [0.15, 0.2) is 61.1 Å². The maximum absolute atomic E-state index is 13.2. The molecule has 3 aromatic rings. The summed E-state index contributed by atoms with van der Waals surface area (Å²) in [7, 11) is 2.20. The molecule has 170 valence electrons. The van der Waals surface area contributed by atoms with Crippen molar-refractivity contribution in [1.29, 1.82) is 0 Å². The standard InChI is InChI=1S/C27H31N5O/c1-27(2)23-7-6-19(15-21(23)22-17-32(3)14-10-24(22)27)31-26(33)20-5-4-11-29-25(20)30-16-18-8-12-28-13-9-18/h4-9,11-13,15,22,24H,10,14,16-17H2,1-3H3,(H,29,30)(H,31,33). The van der Waals surface area contributed by atoms with E-state index in [0.717, 1.165) is 24.3 Å². The Balaban J connectivity index is 1.36. The number of likely N-dealkylation sites (N-methyl/N-ethyl adjacent to an activating group) is 1.